The summed E-state index contributed by atoms with van der Waals surface area (Å²) in [5, 5.41) is 0.977. The Balaban J connectivity index is 0.00000280. The highest BCUT2D eigenvalue weighted by molar-refractivity contribution is 6.01. The molecule has 1 atom stereocenters. The van der Waals surface area contributed by atoms with E-state index in [0.29, 0.717) is 12.3 Å². The van der Waals surface area contributed by atoms with Gasteiger partial charge in [0.1, 0.15) is 12.3 Å². The molecule has 1 aliphatic heterocycles. The maximum Gasteiger partial charge on any atom is 0.380 e. The second kappa shape index (κ2) is 9.70. The fourth-order valence-electron chi connectivity index (χ4n) is 2.62. The molecule has 1 aliphatic rings. The summed E-state index contributed by atoms with van der Waals surface area (Å²) in [6.07, 6.45) is 1.85. The number of aromatic nitrogens is 1. The van der Waals surface area contributed by atoms with E-state index in [4.69, 9.17) is 9.57 Å². The van der Waals surface area contributed by atoms with E-state index < -0.39 is 17.9 Å². The lowest BCUT2D eigenvalue weighted by Gasteiger charge is -2.34. The summed E-state index contributed by atoms with van der Waals surface area (Å²) in [5.41, 5.74) is 0.860. The minimum absolute atomic E-state index is 0. The van der Waals surface area contributed by atoms with Crippen molar-refractivity contribution in [3.63, 3.8) is 0 Å². The topological polar surface area (TPSA) is 89.0 Å². The third-order valence-corrected chi connectivity index (χ3v) is 3.99. The predicted octanol–water partition coefficient (Wildman–Crippen LogP) is 1.65. The van der Waals surface area contributed by atoms with Crippen molar-refractivity contribution in [2.75, 3.05) is 24.5 Å². The van der Waals surface area contributed by atoms with Crippen molar-refractivity contribution in [2.24, 2.45) is 0 Å². The number of carbonyl (C=O) groups excluding carboxylic acids is 3. The van der Waals surface area contributed by atoms with Gasteiger partial charge in [-0.2, -0.15) is 5.06 Å². The number of anilines is 1. The molecule has 1 amide bonds. The van der Waals surface area contributed by atoms with Gasteiger partial charge >= 0.3 is 5.97 Å². The Morgan fingerprint density at radius 3 is 2.36 bits per heavy atom. The number of ether oxygens (including phenoxy) is 1. The Hall–Kier alpha value is -3.13. The van der Waals surface area contributed by atoms with Crippen LogP contribution in [-0.4, -0.2) is 53.4 Å². The summed E-state index contributed by atoms with van der Waals surface area (Å²) in [4.78, 5) is 47.5. The van der Waals surface area contributed by atoms with E-state index in [9.17, 15) is 14.4 Å². The zero-order valence-electron chi connectivity index (χ0n) is 15.2. The van der Waals surface area contributed by atoms with Gasteiger partial charge in [-0.05, 0) is 31.2 Å². The predicted molar refractivity (Wildman–Crippen MR) is 103 cm³/mol. The number of benzene rings is 1. The summed E-state index contributed by atoms with van der Waals surface area (Å²) in [5.74, 6) is -1.44. The lowest BCUT2D eigenvalue weighted by atomic mass is 10.2. The summed E-state index contributed by atoms with van der Waals surface area (Å²) in [6.45, 7) is 1.95. The van der Waals surface area contributed by atoms with Crippen LogP contribution < -0.4 is 9.64 Å². The lowest BCUT2D eigenvalue weighted by molar-refractivity contribution is -0.204. The third-order valence-electron chi connectivity index (χ3n) is 3.99. The molecule has 1 saturated heterocycles. The number of hydroxylamine groups is 2. The Kier molecular flexibility index (Phi) is 7.34. The summed E-state index contributed by atoms with van der Waals surface area (Å²) >= 11 is 0. The van der Waals surface area contributed by atoms with Crippen molar-refractivity contribution in [3.05, 3.63) is 54.9 Å². The fourth-order valence-corrected chi connectivity index (χ4v) is 2.62. The minimum atomic E-state index is -1.43. The molecule has 1 aromatic heterocycles. The van der Waals surface area contributed by atoms with E-state index in [-0.39, 0.29) is 31.4 Å². The third kappa shape index (κ3) is 5.20. The van der Waals surface area contributed by atoms with Gasteiger partial charge in [0.05, 0.1) is 6.54 Å². The molecule has 0 aliphatic carbocycles. The smallest absolute Gasteiger partial charge is 0.380 e. The molecule has 0 saturated carbocycles. The van der Waals surface area contributed by atoms with Crippen LogP contribution in [0.1, 0.15) is 6.92 Å². The van der Waals surface area contributed by atoms with E-state index in [2.05, 4.69) is 4.98 Å². The van der Waals surface area contributed by atoms with Gasteiger partial charge in [-0.25, -0.2) is 4.79 Å². The molecule has 1 fully saturated rings. The van der Waals surface area contributed by atoms with Crippen LogP contribution in [0.5, 0.6) is 5.75 Å². The maximum atomic E-state index is 12.4. The zero-order valence-corrected chi connectivity index (χ0v) is 16.0. The number of carbonyl (C=O) groups is 3. The Bertz CT molecular complexity index is 819. The second-order valence-corrected chi connectivity index (χ2v) is 5.95. The number of hydrogen-bond acceptors (Lipinski definition) is 7. The SMILES string of the molecule is CC(=O)C(Oc1ccccc1)C(=O)ON1CCN(c2ccncc2)CC1=O.Cl. The number of hydrogen-bond donors (Lipinski definition) is 0. The minimum Gasteiger partial charge on any atom is -0.471 e. The van der Waals surface area contributed by atoms with Gasteiger partial charge in [0.2, 0.25) is 0 Å². The molecular formula is C19H20ClN3O5. The first kappa shape index (κ1) is 21.2. The normalized spacial score (nSPS) is 14.7. The van der Waals surface area contributed by atoms with Crippen molar-refractivity contribution < 1.29 is 24.0 Å². The number of para-hydroxylation sites is 1. The molecule has 2 heterocycles. The number of nitrogens with zero attached hydrogens (tertiary/aromatic N) is 3. The molecule has 0 N–H and O–H groups in total. The highest BCUT2D eigenvalue weighted by Gasteiger charge is 2.33. The molecule has 148 valence electrons. The average Bonchev–Trinajstić information content (AvgIpc) is 2.69. The Labute approximate surface area is 168 Å². The molecule has 0 spiro atoms. The largest absolute Gasteiger partial charge is 0.471 e. The number of halogens is 1. The van der Waals surface area contributed by atoms with Gasteiger partial charge < -0.3 is 14.5 Å². The van der Waals surface area contributed by atoms with Crippen LogP contribution in [0.3, 0.4) is 0 Å². The average molecular weight is 406 g/mol. The molecule has 0 radical (unpaired) electrons. The van der Waals surface area contributed by atoms with Crippen LogP contribution in [-0.2, 0) is 19.2 Å². The van der Waals surface area contributed by atoms with E-state index in [1.165, 1.54) is 6.92 Å². The number of Topliss-reactive ketones (excluding diaryl/α,β-unsaturated/α-hetero) is 1. The van der Waals surface area contributed by atoms with E-state index >= 15 is 0 Å². The number of rotatable bonds is 6. The molecule has 1 aromatic carbocycles. The van der Waals surface area contributed by atoms with E-state index in [0.717, 1.165) is 10.8 Å². The number of piperazine rings is 1. The van der Waals surface area contributed by atoms with Crippen LogP contribution >= 0.6 is 12.4 Å². The number of amides is 1. The lowest BCUT2D eigenvalue weighted by Crippen LogP contribution is -2.52. The zero-order chi connectivity index (χ0) is 19.2. The van der Waals surface area contributed by atoms with Gasteiger partial charge in [-0.15, -0.1) is 12.4 Å². The van der Waals surface area contributed by atoms with Crippen molar-refractivity contribution in [2.45, 2.75) is 13.0 Å². The van der Waals surface area contributed by atoms with Crippen molar-refractivity contribution in [1.82, 2.24) is 10.0 Å². The standard InChI is InChI=1S/C19H19N3O5.ClH/c1-14(23)18(26-16-5-3-2-4-6-16)19(25)27-22-12-11-21(13-17(22)24)15-7-9-20-10-8-15;/h2-10,18H,11-13H2,1H3;1H. The van der Waals surface area contributed by atoms with E-state index in [1.807, 2.05) is 4.90 Å². The molecule has 0 bridgehead atoms. The molecular weight excluding hydrogens is 386 g/mol. The highest BCUT2D eigenvalue weighted by atomic mass is 35.5. The van der Waals surface area contributed by atoms with Gasteiger partial charge in [0.25, 0.3) is 12.0 Å². The van der Waals surface area contributed by atoms with Crippen LogP contribution in [0.25, 0.3) is 0 Å². The second-order valence-electron chi connectivity index (χ2n) is 5.95. The molecule has 3 rings (SSSR count). The summed E-state index contributed by atoms with van der Waals surface area (Å²) < 4.78 is 5.43. The highest BCUT2D eigenvalue weighted by Crippen LogP contribution is 2.17. The van der Waals surface area contributed by atoms with Crippen LogP contribution in [0.4, 0.5) is 5.69 Å². The molecule has 9 heteroatoms. The van der Waals surface area contributed by atoms with Crippen LogP contribution in [0.15, 0.2) is 54.9 Å². The van der Waals surface area contributed by atoms with Crippen LogP contribution in [0, 0.1) is 0 Å². The fraction of sp³-hybridized carbons (Fsp3) is 0.263. The summed E-state index contributed by atoms with van der Waals surface area (Å²) in [7, 11) is 0. The first-order chi connectivity index (χ1) is 13.0. The first-order valence-electron chi connectivity index (χ1n) is 8.44. The quantitative estimate of drug-likeness (QED) is 0.675. The first-order valence-corrected chi connectivity index (χ1v) is 8.44. The molecule has 1 unspecified atom stereocenters. The van der Waals surface area contributed by atoms with Gasteiger partial charge in [-0.3, -0.25) is 14.6 Å². The monoisotopic (exact) mass is 405 g/mol. The van der Waals surface area contributed by atoms with Crippen LogP contribution in [0.2, 0.25) is 0 Å². The molecule has 2 aromatic rings. The number of pyridine rings is 1. The van der Waals surface area contributed by atoms with Gasteiger partial charge in [-0.1, -0.05) is 18.2 Å². The van der Waals surface area contributed by atoms with Crippen molar-refractivity contribution in [1.29, 1.82) is 0 Å². The summed E-state index contributed by atoms with van der Waals surface area (Å²) in [6, 6.07) is 12.1. The molecule has 28 heavy (non-hydrogen) atoms. The van der Waals surface area contributed by atoms with Gasteiger partial charge in [0, 0.05) is 24.6 Å². The van der Waals surface area contributed by atoms with Gasteiger partial charge in [0.15, 0.2) is 5.78 Å². The van der Waals surface area contributed by atoms with E-state index in [1.54, 1.807) is 54.9 Å². The maximum absolute atomic E-state index is 12.4. The number of ketones is 1. The van der Waals surface area contributed by atoms with Crippen molar-refractivity contribution >= 4 is 35.8 Å². The Morgan fingerprint density at radius 1 is 1.07 bits per heavy atom. The van der Waals surface area contributed by atoms with Crippen molar-refractivity contribution in [3.8, 4) is 5.75 Å². The molecule has 8 nitrogen and oxygen atoms in total. The Morgan fingerprint density at radius 2 is 1.75 bits per heavy atom.